The molecule has 1 unspecified atom stereocenters. The molecular formula is C15H13NO2. The zero-order valence-electron chi connectivity index (χ0n) is 10.0. The summed E-state index contributed by atoms with van der Waals surface area (Å²) in [5, 5.41) is 1.95. The van der Waals surface area contributed by atoms with Crippen molar-refractivity contribution in [2.75, 3.05) is 7.11 Å². The van der Waals surface area contributed by atoms with E-state index < -0.39 is 0 Å². The van der Waals surface area contributed by atoms with E-state index in [1.54, 1.807) is 13.4 Å². The van der Waals surface area contributed by atoms with Crippen molar-refractivity contribution in [1.29, 1.82) is 0 Å². The van der Waals surface area contributed by atoms with E-state index in [0.717, 1.165) is 21.9 Å². The van der Waals surface area contributed by atoms with Crippen molar-refractivity contribution in [2.45, 2.75) is 6.23 Å². The van der Waals surface area contributed by atoms with Crippen LogP contribution < -0.4 is 15.3 Å². The van der Waals surface area contributed by atoms with Gasteiger partial charge in [-0.3, -0.25) is 0 Å². The van der Waals surface area contributed by atoms with Crippen LogP contribution in [0.25, 0.3) is 6.26 Å². The molecule has 0 bridgehead atoms. The minimum absolute atomic E-state index is 0.337. The van der Waals surface area contributed by atoms with Crippen LogP contribution >= 0.6 is 0 Å². The second-order valence-corrected chi connectivity index (χ2v) is 4.04. The monoisotopic (exact) mass is 239 g/mol. The fourth-order valence-electron chi connectivity index (χ4n) is 2.01. The van der Waals surface area contributed by atoms with Crippen LogP contribution in [0, 0.1) is 0 Å². The molecule has 0 amide bonds. The van der Waals surface area contributed by atoms with E-state index in [1.165, 1.54) is 0 Å². The maximum absolute atomic E-state index is 5.66. The number of hydrogen-bond donors (Lipinski definition) is 0. The summed E-state index contributed by atoms with van der Waals surface area (Å²) in [5.41, 5.74) is 0.936. The Bertz CT molecular complexity index is 679. The number of benzene rings is 2. The third-order valence-corrected chi connectivity index (χ3v) is 2.92. The van der Waals surface area contributed by atoms with E-state index in [9.17, 15) is 0 Å². The van der Waals surface area contributed by atoms with E-state index in [-0.39, 0.29) is 6.23 Å². The van der Waals surface area contributed by atoms with Gasteiger partial charge in [0.05, 0.1) is 24.3 Å². The predicted octanol–water partition coefficient (Wildman–Crippen LogP) is 1.78. The zero-order valence-corrected chi connectivity index (χ0v) is 10.0. The Labute approximate surface area is 105 Å². The van der Waals surface area contributed by atoms with E-state index in [2.05, 4.69) is 4.99 Å². The van der Waals surface area contributed by atoms with Crippen LogP contribution in [0.2, 0.25) is 0 Å². The van der Waals surface area contributed by atoms with Crippen molar-refractivity contribution < 1.29 is 9.47 Å². The summed E-state index contributed by atoms with van der Waals surface area (Å²) in [6, 6.07) is 15.7. The molecule has 1 aliphatic heterocycles. The topological polar surface area (TPSA) is 30.8 Å². The van der Waals surface area contributed by atoms with Crippen molar-refractivity contribution >= 4 is 6.26 Å². The third kappa shape index (κ3) is 1.84. The zero-order chi connectivity index (χ0) is 12.4. The van der Waals surface area contributed by atoms with Gasteiger partial charge in [0.2, 0.25) is 6.23 Å². The smallest absolute Gasteiger partial charge is 0.219 e. The molecule has 1 aliphatic rings. The first-order chi connectivity index (χ1) is 8.88. The average molecular weight is 239 g/mol. The molecule has 0 spiro atoms. The van der Waals surface area contributed by atoms with E-state index >= 15 is 0 Å². The van der Waals surface area contributed by atoms with Gasteiger partial charge >= 0.3 is 0 Å². The molecule has 0 aromatic heterocycles. The molecule has 0 radical (unpaired) electrons. The lowest BCUT2D eigenvalue weighted by molar-refractivity contribution is 0.177. The molecule has 0 saturated heterocycles. The molecule has 0 N–H and O–H groups in total. The molecule has 3 nitrogen and oxygen atoms in total. The predicted molar refractivity (Wildman–Crippen MR) is 68.5 cm³/mol. The SMILES string of the molecule is COc1ccccc1C1N=c2ccccc2=CO1. The van der Waals surface area contributed by atoms with Crippen molar-refractivity contribution in [2.24, 2.45) is 4.99 Å². The van der Waals surface area contributed by atoms with Gasteiger partial charge in [-0.2, -0.15) is 0 Å². The number of nitrogens with zero attached hydrogens (tertiary/aromatic N) is 1. The van der Waals surface area contributed by atoms with Gasteiger partial charge in [0.1, 0.15) is 5.75 Å². The summed E-state index contributed by atoms with van der Waals surface area (Å²) in [7, 11) is 1.65. The van der Waals surface area contributed by atoms with E-state index in [0.29, 0.717) is 0 Å². The van der Waals surface area contributed by atoms with Crippen LogP contribution in [0.1, 0.15) is 11.8 Å². The number of rotatable bonds is 2. The van der Waals surface area contributed by atoms with Crippen LogP contribution in [-0.4, -0.2) is 7.11 Å². The molecule has 3 rings (SSSR count). The largest absolute Gasteiger partial charge is 0.496 e. The van der Waals surface area contributed by atoms with Crippen LogP contribution in [0.4, 0.5) is 0 Å². The molecule has 18 heavy (non-hydrogen) atoms. The Balaban J connectivity index is 2.08. The first-order valence-electron chi connectivity index (χ1n) is 5.80. The summed E-state index contributed by atoms with van der Waals surface area (Å²) < 4.78 is 11.0. The standard InChI is InChI=1S/C15H13NO2/c1-17-14-9-5-3-7-12(14)15-16-13-8-4-2-6-11(13)10-18-15/h2-10,15H,1H3. The number of ether oxygens (including phenoxy) is 2. The summed E-state index contributed by atoms with van der Waals surface area (Å²) in [5.74, 6) is 0.791. The second-order valence-electron chi connectivity index (χ2n) is 4.04. The number of hydrogen-bond acceptors (Lipinski definition) is 3. The van der Waals surface area contributed by atoms with Crippen LogP contribution in [0.5, 0.6) is 5.75 Å². The van der Waals surface area contributed by atoms with Gasteiger partial charge in [-0.25, -0.2) is 4.99 Å². The summed E-state index contributed by atoms with van der Waals surface area (Å²) >= 11 is 0. The molecule has 1 heterocycles. The molecule has 90 valence electrons. The van der Waals surface area contributed by atoms with Crippen molar-refractivity contribution in [1.82, 2.24) is 0 Å². The first-order valence-corrected chi connectivity index (χ1v) is 5.80. The maximum atomic E-state index is 5.66. The Morgan fingerprint density at radius 2 is 1.83 bits per heavy atom. The van der Waals surface area contributed by atoms with Crippen molar-refractivity contribution in [3.05, 3.63) is 64.7 Å². The molecule has 2 aromatic carbocycles. The highest BCUT2D eigenvalue weighted by molar-refractivity contribution is 5.36. The van der Waals surface area contributed by atoms with Crippen molar-refractivity contribution in [3.63, 3.8) is 0 Å². The fourth-order valence-corrected chi connectivity index (χ4v) is 2.01. The van der Waals surface area contributed by atoms with Gasteiger partial charge in [0.25, 0.3) is 0 Å². The highest BCUT2D eigenvalue weighted by Crippen LogP contribution is 2.28. The van der Waals surface area contributed by atoms with Gasteiger partial charge in [-0.05, 0) is 24.3 Å². The number of methoxy groups -OCH3 is 1. The van der Waals surface area contributed by atoms with Gasteiger partial charge in [-0.15, -0.1) is 0 Å². The van der Waals surface area contributed by atoms with Gasteiger partial charge < -0.3 is 9.47 Å². The Kier molecular flexibility index (Phi) is 2.73. The van der Waals surface area contributed by atoms with Gasteiger partial charge in [0, 0.05) is 5.22 Å². The summed E-state index contributed by atoms with van der Waals surface area (Å²) in [6.07, 6.45) is 1.41. The highest BCUT2D eigenvalue weighted by atomic mass is 16.5. The summed E-state index contributed by atoms with van der Waals surface area (Å²) in [4.78, 5) is 4.59. The molecule has 3 heteroatoms. The molecule has 0 fully saturated rings. The van der Waals surface area contributed by atoms with Crippen LogP contribution in [0.3, 0.4) is 0 Å². The van der Waals surface area contributed by atoms with Gasteiger partial charge in [0.15, 0.2) is 0 Å². The van der Waals surface area contributed by atoms with E-state index in [4.69, 9.17) is 9.47 Å². The second kappa shape index (κ2) is 4.53. The Morgan fingerprint density at radius 3 is 2.72 bits per heavy atom. The lowest BCUT2D eigenvalue weighted by Crippen LogP contribution is -2.29. The average Bonchev–Trinajstić information content (AvgIpc) is 2.46. The van der Waals surface area contributed by atoms with Crippen molar-refractivity contribution in [3.8, 4) is 5.75 Å². The normalized spacial score (nSPS) is 16.8. The molecule has 1 atom stereocenters. The lowest BCUT2D eigenvalue weighted by Gasteiger charge is -2.17. The summed E-state index contributed by atoms with van der Waals surface area (Å²) in [6.45, 7) is 0. The minimum Gasteiger partial charge on any atom is -0.496 e. The first kappa shape index (κ1) is 10.8. The van der Waals surface area contributed by atoms with Crippen LogP contribution in [-0.2, 0) is 4.74 Å². The Morgan fingerprint density at radius 1 is 1.06 bits per heavy atom. The maximum Gasteiger partial charge on any atom is 0.219 e. The molecule has 0 aliphatic carbocycles. The third-order valence-electron chi connectivity index (χ3n) is 2.92. The molecule has 2 aromatic rings. The molecular weight excluding hydrogens is 226 g/mol. The lowest BCUT2D eigenvalue weighted by atomic mass is 10.1. The number of para-hydroxylation sites is 2. The highest BCUT2D eigenvalue weighted by Gasteiger charge is 2.16. The number of fused-ring (bicyclic) bond motifs is 1. The van der Waals surface area contributed by atoms with E-state index in [1.807, 2.05) is 48.5 Å². The van der Waals surface area contributed by atoms with Crippen LogP contribution in [0.15, 0.2) is 53.5 Å². The minimum atomic E-state index is -0.337. The van der Waals surface area contributed by atoms with Gasteiger partial charge in [-0.1, -0.05) is 24.3 Å². The fraction of sp³-hybridized carbons (Fsp3) is 0.133. The quantitative estimate of drug-likeness (QED) is 0.799. The molecule has 0 saturated carbocycles. The Hall–Kier alpha value is -2.29.